The second-order valence-electron chi connectivity index (χ2n) is 7.15. The Morgan fingerprint density at radius 3 is 2.47 bits per heavy atom. The van der Waals surface area contributed by atoms with Crippen molar-refractivity contribution in [3.63, 3.8) is 0 Å². The molecule has 0 bridgehead atoms. The highest BCUT2D eigenvalue weighted by Gasteiger charge is 2.30. The van der Waals surface area contributed by atoms with Gasteiger partial charge in [0.2, 0.25) is 0 Å². The molecule has 3 N–H and O–H groups in total. The summed E-state index contributed by atoms with van der Waals surface area (Å²) in [7, 11) is 2.20. The van der Waals surface area contributed by atoms with E-state index in [2.05, 4.69) is 61.8 Å². The normalized spacial score (nSPS) is 22.5. The first-order valence-electron chi connectivity index (χ1n) is 7.12. The highest BCUT2D eigenvalue weighted by molar-refractivity contribution is 5.78. The average Bonchev–Trinajstić information content (AvgIpc) is 2.20. The first-order valence-corrected chi connectivity index (χ1v) is 7.12. The van der Waals surface area contributed by atoms with Gasteiger partial charge in [0.05, 0.1) is 6.54 Å². The van der Waals surface area contributed by atoms with E-state index in [4.69, 9.17) is 5.73 Å². The monoisotopic (exact) mass is 269 g/mol. The summed E-state index contributed by atoms with van der Waals surface area (Å²) in [6, 6.07) is 0. The van der Waals surface area contributed by atoms with Crippen LogP contribution < -0.4 is 11.1 Å². The Bertz CT molecular complexity index is 316. The number of piperazine rings is 1. The van der Waals surface area contributed by atoms with Gasteiger partial charge in [0.15, 0.2) is 5.96 Å². The fraction of sp³-hybridized carbons (Fsp3) is 0.929. The van der Waals surface area contributed by atoms with Gasteiger partial charge in [0, 0.05) is 37.3 Å². The number of nitrogens with zero attached hydrogens (tertiary/aromatic N) is 3. The highest BCUT2D eigenvalue weighted by atomic mass is 15.3. The molecule has 0 aromatic heterocycles. The van der Waals surface area contributed by atoms with Crippen molar-refractivity contribution in [2.24, 2.45) is 10.7 Å². The van der Waals surface area contributed by atoms with Crippen LogP contribution in [0.5, 0.6) is 0 Å². The molecule has 0 unspecified atom stereocenters. The molecule has 1 aliphatic heterocycles. The van der Waals surface area contributed by atoms with Crippen LogP contribution in [0.4, 0.5) is 0 Å². The number of hydrogen-bond acceptors (Lipinski definition) is 3. The maximum atomic E-state index is 5.86. The molecule has 1 rings (SSSR count). The number of aliphatic imine (C=N–C) groups is 1. The largest absolute Gasteiger partial charge is 0.370 e. The van der Waals surface area contributed by atoms with Gasteiger partial charge >= 0.3 is 0 Å². The van der Waals surface area contributed by atoms with E-state index in [9.17, 15) is 0 Å². The van der Waals surface area contributed by atoms with Crippen molar-refractivity contribution in [3.8, 4) is 0 Å². The minimum atomic E-state index is -0.0244. The van der Waals surface area contributed by atoms with Gasteiger partial charge in [-0.3, -0.25) is 14.8 Å². The molecule has 5 heteroatoms. The molecule has 0 amide bonds. The minimum Gasteiger partial charge on any atom is -0.370 e. The highest BCUT2D eigenvalue weighted by Crippen LogP contribution is 2.18. The maximum absolute atomic E-state index is 5.86. The smallest absolute Gasteiger partial charge is 0.189 e. The molecule has 0 aromatic carbocycles. The summed E-state index contributed by atoms with van der Waals surface area (Å²) in [4.78, 5) is 9.28. The third-order valence-electron chi connectivity index (χ3n) is 3.60. The summed E-state index contributed by atoms with van der Waals surface area (Å²) in [5.74, 6) is 0.542. The van der Waals surface area contributed by atoms with E-state index in [1.54, 1.807) is 0 Å². The van der Waals surface area contributed by atoms with Crippen molar-refractivity contribution in [3.05, 3.63) is 0 Å². The van der Waals surface area contributed by atoms with Crippen LogP contribution >= 0.6 is 0 Å². The van der Waals surface area contributed by atoms with Crippen molar-refractivity contribution in [1.29, 1.82) is 0 Å². The Morgan fingerprint density at radius 1 is 1.32 bits per heavy atom. The molecule has 0 radical (unpaired) electrons. The van der Waals surface area contributed by atoms with E-state index in [1.165, 1.54) is 0 Å². The first kappa shape index (κ1) is 16.2. The molecule has 0 spiro atoms. The lowest BCUT2D eigenvalue weighted by Crippen LogP contribution is -2.57. The number of nitrogens with two attached hydrogens (primary N) is 1. The zero-order valence-corrected chi connectivity index (χ0v) is 13.5. The van der Waals surface area contributed by atoms with E-state index < -0.39 is 0 Å². The molecule has 0 aromatic rings. The molecule has 112 valence electrons. The van der Waals surface area contributed by atoms with Crippen molar-refractivity contribution in [2.75, 3.05) is 39.8 Å². The number of hydrogen-bond donors (Lipinski definition) is 2. The number of likely N-dealkylation sites (N-methyl/N-ethyl adjacent to an activating group) is 1. The third kappa shape index (κ3) is 5.78. The van der Waals surface area contributed by atoms with E-state index >= 15 is 0 Å². The summed E-state index contributed by atoms with van der Waals surface area (Å²) >= 11 is 0. The van der Waals surface area contributed by atoms with Crippen LogP contribution in [-0.4, -0.2) is 66.6 Å². The fourth-order valence-corrected chi connectivity index (χ4v) is 2.27. The lowest BCUT2D eigenvalue weighted by atomic mass is 10.00. The van der Waals surface area contributed by atoms with Crippen molar-refractivity contribution in [2.45, 2.75) is 45.7 Å². The Balaban J connectivity index is 2.36. The SMILES string of the molecule is CN1CCN(CCN=C(N)NC(C)(C)C)CC1(C)C. The molecular weight excluding hydrogens is 238 g/mol. The summed E-state index contributed by atoms with van der Waals surface area (Å²) in [5, 5.41) is 3.18. The summed E-state index contributed by atoms with van der Waals surface area (Å²) in [5.41, 5.74) is 6.09. The van der Waals surface area contributed by atoms with Gasteiger partial charge in [0.25, 0.3) is 0 Å². The van der Waals surface area contributed by atoms with Gasteiger partial charge in [-0.1, -0.05) is 0 Å². The zero-order valence-electron chi connectivity index (χ0n) is 13.5. The first-order chi connectivity index (χ1) is 8.60. The maximum Gasteiger partial charge on any atom is 0.189 e. The van der Waals surface area contributed by atoms with Crippen LogP contribution in [0.25, 0.3) is 0 Å². The molecule has 0 saturated carbocycles. The van der Waals surface area contributed by atoms with E-state index in [1.807, 2.05) is 0 Å². The van der Waals surface area contributed by atoms with E-state index in [0.29, 0.717) is 5.96 Å². The topological polar surface area (TPSA) is 56.9 Å². The minimum absolute atomic E-state index is 0.0244. The Labute approximate surface area is 118 Å². The van der Waals surface area contributed by atoms with Gasteiger partial charge in [0.1, 0.15) is 0 Å². The number of rotatable bonds is 3. The fourth-order valence-electron chi connectivity index (χ4n) is 2.27. The van der Waals surface area contributed by atoms with Crippen molar-refractivity contribution >= 4 is 5.96 Å². The molecule has 19 heavy (non-hydrogen) atoms. The number of nitrogens with one attached hydrogen (secondary N) is 1. The predicted molar refractivity (Wildman–Crippen MR) is 82.5 cm³/mol. The molecule has 5 nitrogen and oxygen atoms in total. The van der Waals surface area contributed by atoms with E-state index in [0.717, 1.165) is 32.7 Å². The van der Waals surface area contributed by atoms with Crippen LogP contribution in [0.1, 0.15) is 34.6 Å². The summed E-state index contributed by atoms with van der Waals surface area (Å²) in [6.45, 7) is 15.9. The Hall–Kier alpha value is -0.810. The van der Waals surface area contributed by atoms with Crippen molar-refractivity contribution in [1.82, 2.24) is 15.1 Å². The predicted octanol–water partition coefficient (Wildman–Crippen LogP) is 0.715. The Kier molecular flexibility index (Phi) is 5.21. The second-order valence-corrected chi connectivity index (χ2v) is 7.15. The lowest BCUT2D eigenvalue weighted by molar-refractivity contribution is 0.0419. The van der Waals surface area contributed by atoms with Crippen molar-refractivity contribution < 1.29 is 0 Å². The van der Waals surface area contributed by atoms with Crippen LogP contribution in [-0.2, 0) is 0 Å². The molecule has 0 atom stereocenters. The Morgan fingerprint density at radius 2 is 1.95 bits per heavy atom. The molecule has 1 saturated heterocycles. The number of guanidine groups is 1. The molecule has 1 heterocycles. The van der Waals surface area contributed by atoms with Crippen LogP contribution in [0.3, 0.4) is 0 Å². The van der Waals surface area contributed by atoms with Gasteiger partial charge in [-0.05, 0) is 41.7 Å². The zero-order chi connectivity index (χ0) is 14.7. The summed E-state index contributed by atoms with van der Waals surface area (Å²) < 4.78 is 0. The van der Waals surface area contributed by atoms with Gasteiger partial charge in [-0.2, -0.15) is 0 Å². The van der Waals surface area contributed by atoms with Gasteiger partial charge < -0.3 is 11.1 Å². The van der Waals surface area contributed by atoms with Crippen LogP contribution in [0.15, 0.2) is 4.99 Å². The molecule has 0 aliphatic carbocycles. The van der Waals surface area contributed by atoms with Gasteiger partial charge in [-0.25, -0.2) is 0 Å². The van der Waals surface area contributed by atoms with Crippen LogP contribution in [0.2, 0.25) is 0 Å². The standard InChI is InChI=1S/C14H31N5/c1-13(2,3)17-12(15)16-7-8-19-10-9-18(6)14(4,5)11-19/h7-11H2,1-6H3,(H3,15,16,17). The van der Waals surface area contributed by atoms with E-state index in [-0.39, 0.29) is 11.1 Å². The molecular formula is C14H31N5. The quantitative estimate of drug-likeness (QED) is 0.585. The summed E-state index contributed by atoms with van der Waals surface area (Å²) in [6.07, 6.45) is 0. The molecule has 1 fully saturated rings. The average molecular weight is 269 g/mol. The second kappa shape index (κ2) is 6.09. The lowest BCUT2D eigenvalue weighted by Gasteiger charge is -2.45. The van der Waals surface area contributed by atoms with Gasteiger partial charge in [-0.15, -0.1) is 0 Å². The molecule has 1 aliphatic rings. The van der Waals surface area contributed by atoms with Crippen LogP contribution in [0, 0.1) is 0 Å². The third-order valence-corrected chi connectivity index (χ3v) is 3.60.